The summed E-state index contributed by atoms with van der Waals surface area (Å²) in [4.78, 5) is 19.2. The van der Waals surface area contributed by atoms with Crippen LogP contribution in [0.3, 0.4) is 0 Å². The van der Waals surface area contributed by atoms with E-state index in [1.807, 2.05) is 0 Å². The van der Waals surface area contributed by atoms with Crippen molar-refractivity contribution in [3.63, 3.8) is 0 Å². The first-order valence-corrected chi connectivity index (χ1v) is 12.3. The number of hydrogen-bond donors (Lipinski definition) is 1. The van der Waals surface area contributed by atoms with E-state index >= 15 is 0 Å². The Morgan fingerprint density at radius 1 is 0.889 bits per heavy atom. The number of phosphoric acid groups is 1. The summed E-state index contributed by atoms with van der Waals surface area (Å²) in [6, 6.07) is 0. The number of ether oxygens (including phenoxy) is 1. The largest absolute Gasteiger partial charge is 1.00 e. The van der Waals surface area contributed by atoms with Crippen LogP contribution in [-0.4, -0.2) is 23.7 Å². The van der Waals surface area contributed by atoms with E-state index in [-0.39, 0.29) is 48.4 Å². The first-order valence-electron chi connectivity index (χ1n) is 10.8. The van der Waals surface area contributed by atoms with E-state index in [0.717, 1.165) is 19.3 Å². The van der Waals surface area contributed by atoms with Crippen molar-refractivity contribution in [2.45, 2.75) is 122 Å². The molecule has 156 valence electrons. The standard InChI is InChI=1S/C20H41O5P.Na/c1-2-3-4-5-6-7-8-9-10-11-12-13-14-15-19-16-17-20(25-19)18-24-26(21,22)23;/h19-20H,2-18H2,1H3,(H2,21,22,23);/q;+1/p-1. The maximum atomic E-state index is 10.6. The van der Waals surface area contributed by atoms with Gasteiger partial charge in [-0.05, 0) is 19.3 Å². The van der Waals surface area contributed by atoms with Crippen LogP contribution in [0.5, 0.6) is 0 Å². The molecule has 7 heteroatoms. The van der Waals surface area contributed by atoms with Gasteiger partial charge >= 0.3 is 29.6 Å². The third-order valence-corrected chi connectivity index (χ3v) is 5.72. The molecule has 0 aliphatic carbocycles. The van der Waals surface area contributed by atoms with Gasteiger partial charge in [0.2, 0.25) is 0 Å². The zero-order chi connectivity index (χ0) is 19.1. The molecular weight excluding hydrogens is 374 g/mol. The van der Waals surface area contributed by atoms with E-state index in [2.05, 4.69) is 11.4 Å². The summed E-state index contributed by atoms with van der Waals surface area (Å²) in [5.41, 5.74) is 0. The van der Waals surface area contributed by atoms with Crippen LogP contribution in [0.2, 0.25) is 0 Å². The van der Waals surface area contributed by atoms with E-state index in [1.54, 1.807) is 0 Å². The van der Waals surface area contributed by atoms with Crippen LogP contribution in [0.15, 0.2) is 0 Å². The van der Waals surface area contributed by atoms with Crippen LogP contribution in [0.25, 0.3) is 0 Å². The smallest absolute Gasteiger partial charge is 0.756 e. The minimum Gasteiger partial charge on any atom is -0.756 e. The average Bonchev–Trinajstić information content (AvgIpc) is 3.04. The van der Waals surface area contributed by atoms with Crippen LogP contribution in [-0.2, 0) is 13.8 Å². The predicted octanol–water partition coefficient (Wildman–Crippen LogP) is 2.50. The molecule has 0 saturated carbocycles. The van der Waals surface area contributed by atoms with Gasteiger partial charge in [0.25, 0.3) is 7.82 Å². The zero-order valence-corrected chi connectivity index (χ0v) is 20.6. The summed E-state index contributed by atoms with van der Waals surface area (Å²) < 4.78 is 20.8. The van der Waals surface area contributed by atoms with Crippen LogP contribution >= 0.6 is 7.82 Å². The molecule has 3 atom stereocenters. The summed E-state index contributed by atoms with van der Waals surface area (Å²) in [5, 5.41) is 0. The fourth-order valence-electron chi connectivity index (χ4n) is 3.68. The van der Waals surface area contributed by atoms with Gasteiger partial charge in [-0.15, -0.1) is 0 Å². The van der Waals surface area contributed by atoms with E-state index in [1.165, 1.54) is 83.5 Å². The molecule has 0 amide bonds. The summed E-state index contributed by atoms with van der Waals surface area (Å²) >= 11 is 0. The Morgan fingerprint density at radius 3 is 1.81 bits per heavy atom. The maximum absolute atomic E-state index is 10.6. The Balaban J connectivity index is 0.00000676. The molecule has 1 N–H and O–H groups in total. The summed E-state index contributed by atoms with van der Waals surface area (Å²) in [6.07, 6.45) is 20.4. The maximum Gasteiger partial charge on any atom is 1.00 e. The Hall–Kier alpha value is 1.07. The van der Waals surface area contributed by atoms with E-state index in [9.17, 15) is 9.46 Å². The van der Waals surface area contributed by atoms with Gasteiger partial charge in [0.05, 0.1) is 18.8 Å². The fourth-order valence-corrected chi connectivity index (χ4v) is 4.04. The van der Waals surface area contributed by atoms with E-state index < -0.39 is 7.82 Å². The Morgan fingerprint density at radius 2 is 1.33 bits per heavy atom. The van der Waals surface area contributed by atoms with Gasteiger partial charge in [0.1, 0.15) is 0 Å². The van der Waals surface area contributed by atoms with Crippen LogP contribution in [0.4, 0.5) is 0 Å². The van der Waals surface area contributed by atoms with E-state index in [4.69, 9.17) is 9.63 Å². The minimum absolute atomic E-state index is 0. The molecule has 0 aromatic carbocycles. The molecule has 5 nitrogen and oxygen atoms in total. The third-order valence-electron chi connectivity index (χ3n) is 5.25. The Kier molecular flexibility index (Phi) is 18.6. The van der Waals surface area contributed by atoms with Gasteiger partial charge in [-0.1, -0.05) is 90.4 Å². The molecule has 0 radical (unpaired) electrons. The fraction of sp³-hybridized carbons (Fsp3) is 1.00. The quantitative estimate of drug-likeness (QED) is 0.225. The van der Waals surface area contributed by atoms with Crippen LogP contribution < -0.4 is 34.5 Å². The second-order valence-corrected chi connectivity index (χ2v) is 8.95. The van der Waals surface area contributed by atoms with Crippen molar-refractivity contribution < 1.29 is 53.2 Å². The monoisotopic (exact) mass is 414 g/mol. The second-order valence-electron chi connectivity index (χ2n) is 7.75. The van der Waals surface area contributed by atoms with Crippen molar-refractivity contribution in [1.82, 2.24) is 0 Å². The molecule has 0 bridgehead atoms. The second kappa shape index (κ2) is 17.9. The first-order chi connectivity index (χ1) is 12.5. The molecule has 1 heterocycles. The normalized spacial score (nSPS) is 21.7. The number of hydrogen-bond acceptors (Lipinski definition) is 4. The van der Waals surface area contributed by atoms with Crippen LogP contribution in [0, 0.1) is 0 Å². The minimum atomic E-state index is -4.62. The summed E-state index contributed by atoms with van der Waals surface area (Å²) in [7, 11) is -4.62. The van der Waals surface area contributed by atoms with Crippen molar-refractivity contribution in [2.75, 3.05) is 6.61 Å². The molecule has 1 aliphatic heterocycles. The van der Waals surface area contributed by atoms with Gasteiger partial charge in [-0.3, -0.25) is 4.57 Å². The van der Waals surface area contributed by atoms with Crippen molar-refractivity contribution in [1.29, 1.82) is 0 Å². The molecule has 1 rings (SSSR count). The zero-order valence-electron chi connectivity index (χ0n) is 17.7. The molecule has 3 unspecified atom stereocenters. The predicted molar refractivity (Wildman–Crippen MR) is 104 cm³/mol. The Labute approximate surface area is 188 Å². The van der Waals surface area contributed by atoms with Crippen LogP contribution in [0.1, 0.15) is 110 Å². The summed E-state index contributed by atoms with van der Waals surface area (Å²) in [6.45, 7) is 2.20. The Bertz CT molecular complexity index is 377. The van der Waals surface area contributed by atoms with Gasteiger partial charge in [-0.2, -0.15) is 0 Å². The first kappa shape index (κ1) is 28.1. The SMILES string of the molecule is CCCCCCCCCCCCCCCC1CCC(COP(=O)([O-])O)O1.[Na+]. The molecule has 0 aromatic rings. The average molecular weight is 414 g/mol. The molecule has 0 aromatic heterocycles. The molecule has 1 aliphatic rings. The van der Waals surface area contributed by atoms with Crippen molar-refractivity contribution in [2.24, 2.45) is 0 Å². The molecule has 0 spiro atoms. The molecule has 27 heavy (non-hydrogen) atoms. The van der Waals surface area contributed by atoms with Gasteiger partial charge in [0.15, 0.2) is 0 Å². The molecular formula is C20H40NaO5P. The van der Waals surface area contributed by atoms with Crippen molar-refractivity contribution in [3.05, 3.63) is 0 Å². The molecule has 1 fully saturated rings. The van der Waals surface area contributed by atoms with Gasteiger partial charge < -0.3 is 19.0 Å². The molecule has 1 saturated heterocycles. The van der Waals surface area contributed by atoms with Gasteiger partial charge in [0, 0.05) is 0 Å². The van der Waals surface area contributed by atoms with Gasteiger partial charge in [-0.25, -0.2) is 0 Å². The third kappa shape index (κ3) is 17.6. The topological polar surface area (TPSA) is 78.8 Å². The number of unbranched alkanes of at least 4 members (excludes halogenated alkanes) is 12. The number of phosphoric ester groups is 1. The van der Waals surface area contributed by atoms with Crippen molar-refractivity contribution in [3.8, 4) is 0 Å². The van der Waals surface area contributed by atoms with Crippen molar-refractivity contribution >= 4 is 7.82 Å². The number of rotatable bonds is 17. The summed E-state index contributed by atoms with van der Waals surface area (Å²) in [5.74, 6) is 0. The van der Waals surface area contributed by atoms with E-state index in [0.29, 0.717) is 0 Å².